The third kappa shape index (κ3) is 23.6. The molecule has 2 aromatic rings. The number of hydrogen-bond acceptors (Lipinski definition) is 18. The Labute approximate surface area is 398 Å². The van der Waals surface area contributed by atoms with Crippen LogP contribution in [0.4, 0.5) is 21.0 Å². The molecule has 0 fully saturated rings. The molecule has 68 heavy (non-hydrogen) atoms. The van der Waals surface area contributed by atoms with E-state index in [1.165, 1.54) is 20.8 Å². The number of anilines is 2. The van der Waals surface area contributed by atoms with E-state index in [1.54, 1.807) is 27.8 Å². The smallest absolute Gasteiger partial charge is 0.411 e. The molecule has 23 nitrogen and oxygen atoms in total. The van der Waals surface area contributed by atoms with Gasteiger partial charge in [-0.1, -0.05) is 27.7 Å². The molecule has 0 bridgehead atoms. The Morgan fingerprint density at radius 3 is 1.21 bits per heavy atom. The van der Waals surface area contributed by atoms with Crippen LogP contribution in [0.5, 0.6) is 0 Å². The van der Waals surface area contributed by atoms with Crippen LogP contribution in [0, 0.1) is 48.5 Å². The molecule has 390 valence electrons. The van der Waals surface area contributed by atoms with E-state index in [0.29, 0.717) is 36.1 Å². The Morgan fingerprint density at radius 2 is 0.868 bits per heavy atom. The summed E-state index contributed by atoms with van der Waals surface area (Å²) in [6.45, 7) is 16.7. The highest BCUT2D eigenvalue weighted by Crippen LogP contribution is 2.32. The first-order valence-corrected chi connectivity index (χ1v) is 21.9. The van der Waals surface area contributed by atoms with Crippen LogP contribution in [0.25, 0.3) is 0 Å². The molecule has 2 rings (SSSR count). The van der Waals surface area contributed by atoms with Crippen LogP contribution in [0.1, 0.15) is 97.7 Å². The fourth-order valence-electron chi connectivity index (χ4n) is 5.76. The van der Waals surface area contributed by atoms with Gasteiger partial charge < -0.3 is 76.7 Å². The first kappa shape index (κ1) is 66.9. The van der Waals surface area contributed by atoms with Crippen LogP contribution in [0.15, 0.2) is 0 Å². The SMILES string of the molecule is CC.CC.CNCC(O)CO.Cc1c(C)c(C=O)c(C)c(NC(=O)OCC(O)COC(=O)Nc2c(C)c(C(=O)NCC(O)CO)c(C)c(C(=O)NCC(O)CO)c2C)c1C.O=CNCC(O)CO. The Kier molecular flexibility index (Phi) is 37.0. The van der Waals surface area contributed by atoms with E-state index in [4.69, 9.17) is 40.1 Å². The highest BCUT2D eigenvalue weighted by Gasteiger charge is 2.27. The highest BCUT2D eigenvalue weighted by molar-refractivity contribution is 6.07. The molecule has 5 atom stereocenters. The lowest BCUT2D eigenvalue weighted by molar-refractivity contribution is -0.110. The number of ether oxygens (including phenoxy) is 2. The van der Waals surface area contributed by atoms with Crippen LogP contribution in [-0.4, -0.2) is 186 Å². The van der Waals surface area contributed by atoms with Gasteiger partial charge in [0.15, 0.2) is 6.29 Å². The maximum absolute atomic E-state index is 13.2. The average molecular weight is 975 g/mol. The summed E-state index contributed by atoms with van der Waals surface area (Å²) in [6, 6.07) is 0. The number of benzene rings is 2. The number of amides is 5. The summed E-state index contributed by atoms with van der Waals surface area (Å²) in [5.41, 5.74) is 4.40. The summed E-state index contributed by atoms with van der Waals surface area (Å²) < 4.78 is 10.2. The van der Waals surface area contributed by atoms with Gasteiger partial charge in [0.1, 0.15) is 19.3 Å². The van der Waals surface area contributed by atoms with Gasteiger partial charge in [0.05, 0.1) is 62.2 Å². The molecule has 0 spiro atoms. The van der Waals surface area contributed by atoms with Gasteiger partial charge >= 0.3 is 12.2 Å². The van der Waals surface area contributed by atoms with Crippen LogP contribution in [0.3, 0.4) is 0 Å². The molecule has 0 aliphatic rings. The molecule has 23 heteroatoms. The lowest BCUT2D eigenvalue weighted by atomic mass is 9.90. The number of hydrogen-bond donors (Lipinski definition) is 15. The molecule has 0 saturated heterocycles. The molecule has 0 aliphatic carbocycles. The topological polar surface area (TPSA) is 375 Å². The van der Waals surface area contributed by atoms with Crippen molar-refractivity contribution in [2.45, 2.75) is 107 Å². The summed E-state index contributed by atoms with van der Waals surface area (Å²) in [7, 11) is 1.72. The van der Waals surface area contributed by atoms with E-state index in [2.05, 4.69) is 31.9 Å². The van der Waals surface area contributed by atoms with E-state index in [0.717, 1.165) is 16.7 Å². The minimum atomic E-state index is -1.44. The molecule has 0 heterocycles. The van der Waals surface area contributed by atoms with Gasteiger partial charge in [0.25, 0.3) is 11.8 Å². The zero-order valence-electron chi connectivity index (χ0n) is 41.4. The van der Waals surface area contributed by atoms with Crippen molar-refractivity contribution in [1.82, 2.24) is 21.3 Å². The lowest BCUT2D eigenvalue weighted by Gasteiger charge is -2.22. The van der Waals surface area contributed by atoms with Crippen molar-refractivity contribution >= 4 is 48.1 Å². The molecular formula is C45H78N6O17. The number of aliphatic hydroxyl groups is 9. The van der Waals surface area contributed by atoms with E-state index in [-0.39, 0.29) is 66.4 Å². The van der Waals surface area contributed by atoms with Gasteiger partial charge in [-0.15, -0.1) is 0 Å². The molecule has 0 saturated carbocycles. The number of carbonyl (C=O) groups is 6. The molecule has 0 aliphatic heterocycles. The minimum Gasteiger partial charge on any atom is -0.446 e. The maximum Gasteiger partial charge on any atom is 0.411 e. The zero-order chi connectivity index (χ0) is 53.3. The molecule has 2 aromatic carbocycles. The third-order valence-electron chi connectivity index (χ3n) is 9.49. The molecular weight excluding hydrogens is 897 g/mol. The third-order valence-corrected chi connectivity index (χ3v) is 9.49. The number of rotatable bonds is 22. The van der Waals surface area contributed by atoms with Crippen LogP contribution in [-0.2, 0) is 14.3 Å². The van der Waals surface area contributed by atoms with E-state index >= 15 is 0 Å². The van der Waals surface area contributed by atoms with Crippen molar-refractivity contribution in [2.24, 2.45) is 0 Å². The van der Waals surface area contributed by atoms with Gasteiger partial charge in [-0.2, -0.15) is 0 Å². The molecule has 0 aromatic heterocycles. The minimum absolute atomic E-state index is 0.0205. The summed E-state index contributed by atoms with van der Waals surface area (Å²) in [6.07, 6.45) is -6.18. The Bertz CT molecular complexity index is 1800. The first-order valence-electron chi connectivity index (χ1n) is 21.9. The normalized spacial score (nSPS) is 12.3. The molecule has 0 radical (unpaired) electrons. The molecule has 5 amide bonds. The lowest BCUT2D eigenvalue weighted by Crippen LogP contribution is -2.37. The fraction of sp³-hybridized carbons (Fsp3) is 0.600. The zero-order valence-corrected chi connectivity index (χ0v) is 41.4. The van der Waals surface area contributed by atoms with Crippen molar-refractivity contribution in [3.63, 3.8) is 0 Å². The van der Waals surface area contributed by atoms with Gasteiger partial charge in [0, 0.05) is 42.9 Å². The van der Waals surface area contributed by atoms with Crippen molar-refractivity contribution in [1.29, 1.82) is 0 Å². The second kappa shape index (κ2) is 37.6. The summed E-state index contributed by atoms with van der Waals surface area (Å²) in [5, 5.41) is 96.2. The predicted octanol–water partition coefficient (Wildman–Crippen LogP) is -0.321. The number of aliphatic hydroxyl groups excluding tert-OH is 9. The van der Waals surface area contributed by atoms with Crippen LogP contribution < -0.4 is 31.9 Å². The quantitative estimate of drug-likeness (QED) is 0.0672. The van der Waals surface area contributed by atoms with Crippen LogP contribution >= 0.6 is 0 Å². The molecule has 15 N–H and O–H groups in total. The maximum atomic E-state index is 13.2. The average Bonchev–Trinajstić information content (AvgIpc) is 3.34. The summed E-state index contributed by atoms with van der Waals surface area (Å²) in [5.74, 6) is -1.44. The Balaban J connectivity index is -0.00000187. The second-order valence-corrected chi connectivity index (χ2v) is 14.4. The van der Waals surface area contributed by atoms with Gasteiger partial charge in [-0.3, -0.25) is 29.8 Å². The number of likely N-dealkylation sites (N-methyl/N-ethyl adjacent to an activating group) is 1. The number of aldehydes is 1. The van der Waals surface area contributed by atoms with E-state index in [9.17, 15) is 44.1 Å². The first-order chi connectivity index (χ1) is 32.1. The van der Waals surface area contributed by atoms with Gasteiger partial charge in [-0.05, 0) is 94.5 Å². The second-order valence-electron chi connectivity index (χ2n) is 14.4. The van der Waals surface area contributed by atoms with E-state index in [1.807, 2.05) is 34.6 Å². The summed E-state index contributed by atoms with van der Waals surface area (Å²) >= 11 is 0. The Hall–Kier alpha value is -5.34. The summed E-state index contributed by atoms with van der Waals surface area (Å²) in [4.78, 5) is 72.7. The van der Waals surface area contributed by atoms with Crippen LogP contribution in [0.2, 0.25) is 0 Å². The van der Waals surface area contributed by atoms with E-state index < -0.39 is 80.9 Å². The highest BCUT2D eigenvalue weighted by atomic mass is 16.6. The standard InChI is InChI=1S/C33H46N4O12.C4H9NO3.C4H11NO2.2C2H6/c1-15-16(2)25(12-40)18(4)28(17(15)3)36-32(46)48-13-24(43)14-49-33(47)37-29-20(6)26(30(44)34-8-22(41)10-38)19(5)27(21(29)7)31(45)35-9-23(42)11-39;6-2-4(8)1-5-3-7;1-5-2-4(7)3-6;2*1-2/h12,22-24,38-39,41-43H,8-11,13-14H2,1-7H3,(H,34,44)(H,35,45)(H,36,46)(H,37,47);3-4,6,8H,1-2H2,(H,5,7);4-7H,2-3H2,1H3;2*1-2H3. The Morgan fingerprint density at radius 1 is 0.500 bits per heavy atom. The fourth-order valence-corrected chi connectivity index (χ4v) is 5.76. The van der Waals surface area contributed by atoms with Crippen molar-refractivity contribution in [3.8, 4) is 0 Å². The monoisotopic (exact) mass is 975 g/mol. The van der Waals surface area contributed by atoms with Crippen molar-refractivity contribution < 1.29 is 84.2 Å². The predicted molar refractivity (Wildman–Crippen MR) is 255 cm³/mol. The van der Waals surface area contributed by atoms with Crippen molar-refractivity contribution in [2.75, 3.05) is 83.5 Å². The van der Waals surface area contributed by atoms with Gasteiger partial charge in [-0.25, -0.2) is 9.59 Å². The van der Waals surface area contributed by atoms with Crippen molar-refractivity contribution in [3.05, 3.63) is 55.6 Å². The number of nitrogens with one attached hydrogen (secondary N) is 6. The largest absolute Gasteiger partial charge is 0.446 e. The number of carbonyl (C=O) groups excluding carboxylic acids is 6. The molecule has 5 unspecified atom stereocenters. The van der Waals surface area contributed by atoms with Gasteiger partial charge in [0.2, 0.25) is 6.41 Å².